The van der Waals surface area contributed by atoms with Crippen molar-refractivity contribution in [2.75, 3.05) is 5.32 Å². The number of aryl methyl sites for hydroxylation is 1. The summed E-state index contributed by atoms with van der Waals surface area (Å²) in [5.41, 5.74) is 4.77. The van der Waals surface area contributed by atoms with Crippen LogP contribution in [0.2, 0.25) is 0 Å². The number of para-hydroxylation sites is 2. The second kappa shape index (κ2) is 5.81. The smallest absolute Gasteiger partial charge is 0.228 e. The third-order valence-electron chi connectivity index (χ3n) is 4.24. The van der Waals surface area contributed by atoms with Gasteiger partial charge in [-0.1, -0.05) is 36.4 Å². The van der Waals surface area contributed by atoms with Gasteiger partial charge in [-0.2, -0.15) is 0 Å². The molecule has 2 aromatic carbocycles. The lowest BCUT2D eigenvalue weighted by Gasteiger charge is -2.06. The van der Waals surface area contributed by atoms with E-state index in [4.69, 9.17) is 0 Å². The molecule has 0 spiro atoms. The molecule has 0 saturated carbocycles. The Morgan fingerprint density at radius 1 is 1.12 bits per heavy atom. The fraction of sp³-hybridized carbons (Fsp3) is 0.100. The number of hydrogen-bond donors (Lipinski definition) is 2. The van der Waals surface area contributed by atoms with Gasteiger partial charge in [-0.25, -0.2) is 0 Å². The topological polar surface area (TPSA) is 57.8 Å². The summed E-state index contributed by atoms with van der Waals surface area (Å²) in [4.78, 5) is 20.2. The minimum absolute atomic E-state index is 0.0417. The Morgan fingerprint density at radius 2 is 1.92 bits per heavy atom. The van der Waals surface area contributed by atoms with E-state index in [1.165, 1.54) is 0 Å². The van der Waals surface area contributed by atoms with Gasteiger partial charge in [0.25, 0.3) is 0 Å². The van der Waals surface area contributed by atoms with Crippen molar-refractivity contribution in [3.8, 4) is 0 Å². The van der Waals surface area contributed by atoms with Crippen LogP contribution in [0.1, 0.15) is 11.3 Å². The van der Waals surface area contributed by atoms with Crippen molar-refractivity contribution in [2.24, 2.45) is 0 Å². The first kappa shape index (κ1) is 14.5. The SMILES string of the molecule is Cc1[nH]c2ccccc2c1CC(=O)Nc1cnc2ccccc2c1. The molecule has 4 aromatic rings. The second-order valence-electron chi connectivity index (χ2n) is 5.92. The summed E-state index contributed by atoms with van der Waals surface area (Å²) in [6, 6.07) is 17.8. The maximum atomic E-state index is 12.5. The number of nitrogens with one attached hydrogen (secondary N) is 2. The average Bonchev–Trinajstić information content (AvgIpc) is 2.90. The Hall–Kier alpha value is -3.14. The summed E-state index contributed by atoms with van der Waals surface area (Å²) >= 11 is 0. The number of fused-ring (bicyclic) bond motifs is 2. The zero-order chi connectivity index (χ0) is 16.5. The summed E-state index contributed by atoms with van der Waals surface area (Å²) < 4.78 is 0. The molecule has 0 aliphatic carbocycles. The molecule has 4 rings (SSSR count). The predicted octanol–water partition coefficient (Wildman–Crippen LogP) is 4.21. The van der Waals surface area contributed by atoms with Gasteiger partial charge in [-0.15, -0.1) is 0 Å². The Morgan fingerprint density at radius 3 is 2.83 bits per heavy atom. The van der Waals surface area contributed by atoms with Gasteiger partial charge in [0, 0.05) is 22.0 Å². The van der Waals surface area contributed by atoms with Crippen molar-refractivity contribution in [2.45, 2.75) is 13.3 Å². The average molecular weight is 315 g/mol. The van der Waals surface area contributed by atoms with Crippen molar-refractivity contribution >= 4 is 33.4 Å². The summed E-state index contributed by atoms with van der Waals surface area (Å²) in [5.74, 6) is -0.0417. The quantitative estimate of drug-likeness (QED) is 0.595. The number of H-pyrrole nitrogens is 1. The number of rotatable bonds is 3. The first-order valence-electron chi connectivity index (χ1n) is 7.91. The lowest BCUT2D eigenvalue weighted by atomic mass is 10.1. The highest BCUT2D eigenvalue weighted by Gasteiger charge is 2.12. The van der Waals surface area contributed by atoms with Gasteiger partial charge >= 0.3 is 0 Å². The van der Waals surface area contributed by atoms with E-state index in [1.54, 1.807) is 6.20 Å². The van der Waals surface area contributed by atoms with Crippen molar-refractivity contribution in [1.82, 2.24) is 9.97 Å². The standard InChI is InChI=1S/C20H17N3O/c1-13-17(16-7-3-5-9-19(16)22-13)11-20(24)23-15-10-14-6-2-4-8-18(14)21-12-15/h2-10,12,22H,11H2,1H3,(H,23,24). The number of pyridine rings is 1. The molecule has 0 saturated heterocycles. The van der Waals surface area contributed by atoms with Crippen LogP contribution in [-0.4, -0.2) is 15.9 Å². The van der Waals surface area contributed by atoms with Crippen LogP contribution in [0.25, 0.3) is 21.8 Å². The highest BCUT2D eigenvalue weighted by Crippen LogP contribution is 2.23. The molecule has 0 bridgehead atoms. The van der Waals surface area contributed by atoms with E-state index in [2.05, 4.69) is 15.3 Å². The molecule has 0 radical (unpaired) electrons. The van der Waals surface area contributed by atoms with Crippen molar-refractivity contribution < 1.29 is 4.79 Å². The third kappa shape index (κ3) is 2.63. The van der Waals surface area contributed by atoms with Gasteiger partial charge in [-0.3, -0.25) is 9.78 Å². The van der Waals surface area contributed by atoms with E-state index in [-0.39, 0.29) is 5.91 Å². The monoisotopic (exact) mass is 315 g/mol. The van der Waals surface area contributed by atoms with E-state index < -0.39 is 0 Å². The van der Waals surface area contributed by atoms with Crippen LogP contribution in [0.3, 0.4) is 0 Å². The number of benzene rings is 2. The summed E-state index contributed by atoms with van der Waals surface area (Å²) in [6.45, 7) is 2.00. The van der Waals surface area contributed by atoms with Crippen LogP contribution in [0.5, 0.6) is 0 Å². The molecule has 1 amide bonds. The van der Waals surface area contributed by atoms with Crippen LogP contribution in [-0.2, 0) is 11.2 Å². The van der Waals surface area contributed by atoms with Gasteiger partial charge in [-0.05, 0) is 30.7 Å². The van der Waals surface area contributed by atoms with Crippen LogP contribution < -0.4 is 5.32 Å². The van der Waals surface area contributed by atoms with Crippen molar-refractivity contribution in [3.05, 3.63) is 72.1 Å². The first-order valence-corrected chi connectivity index (χ1v) is 7.91. The van der Waals surface area contributed by atoms with Gasteiger partial charge in [0.2, 0.25) is 5.91 Å². The normalized spacial score (nSPS) is 11.0. The van der Waals surface area contributed by atoms with E-state index in [9.17, 15) is 4.79 Å². The van der Waals surface area contributed by atoms with E-state index in [1.807, 2.05) is 61.5 Å². The highest BCUT2D eigenvalue weighted by molar-refractivity contribution is 5.97. The Bertz CT molecular complexity index is 1050. The summed E-state index contributed by atoms with van der Waals surface area (Å²) in [5, 5.41) is 5.06. The van der Waals surface area contributed by atoms with Crippen molar-refractivity contribution in [1.29, 1.82) is 0 Å². The zero-order valence-electron chi connectivity index (χ0n) is 13.3. The van der Waals surface area contributed by atoms with Crippen molar-refractivity contribution in [3.63, 3.8) is 0 Å². The second-order valence-corrected chi connectivity index (χ2v) is 5.92. The molecule has 4 nitrogen and oxygen atoms in total. The molecule has 2 heterocycles. The Labute approximate surface area is 139 Å². The molecule has 0 atom stereocenters. The summed E-state index contributed by atoms with van der Waals surface area (Å²) in [7, 11) is 0. The molecule has 24 heavy (non-hydrogen) atoms. The molecule has 0 aliphatic rings. The van der Waals surface area contributed by atoms with Crippen LogP contribution in [0.4, 0.5) is 5.69 Å². The Balaban J connectivity index is 1.58. The van der Waals surface area contributed by atoms with E-state index >= 15 is 0 Å². The van der Waals surface area contributed by atoms with Gasteiger partial charge in [0.1, 0.15) is 0 Å². The first-order chi connectivity index (χ1) is 11.7. The number of hydrogen-bond acceptors (Lipinski definition) is 2. The van der Waals surface area contributed by atoms with Gasteiger partial charge in [0.15, 0.2) is 0 Å². The van der Waals surface area contributed by atoms with Crippen LogP contribution in [0, 0.1) is 6.92 Å². The molecular formula is C20H17N3O. The van der Waals surface area contributed by atoms with Gasteiger partial charge in [0.05, 0.1) is 23.8 Å². The predicted molar refractivity (Wildman–Crippen MR) is 97.1 cm³/mol. The highest BCUT2D eigenvalue weighted by atomic mass is 16.1. The number of anilines is 1. The molecule has 0 aliphatic heterocycles. The van der Waals surface area contributed by atoms with Crippen LogP contribution >= 0.6 is 0 Å². The summed E-state index contributed by atoms with van der Waals surface area (Å²) in [6.07, 6.45) is 2.03. The lowest BCUT2D eigenvalue weighted by molar-refractivity contribution is -0.115. The Kier molecular flexibility index (Phi) is 3.50. The number of aromatic nitrogens is 2. The maximum absolute atomic E-state index is 12.5. The fourth-order valence-electron chi connectivity index (χ4n) is 3.07. The molecule has 4 heteroatoms. The van der Waals surface area contributed by atoms with E-state index in [0.29, 0.717) is 6.42 Å². The number of nitrogens with zero attached hydrogens (tertiary/aromatic N) is 1. The molecule has 118 valence electrons. The number of carbonyl (C=O) groups excluding carboxylic acids is 1. The van der Waals surface area contributed by atoms with Crippen LogP contribution in [0.15, 0.2) is 60.8 Å². The lowest BCUT2D eigenvalue weighted by Crippen LogP contribution is -2.14. The molecule has 2 aromatic heterocycles. The molecular weight excluding hydrogens is 298 g/mol. The number of amides is 1. The number of carbonyl (C=O) groups is 1. The third-order valence-corrected chi connectivity index (χ3v) is 4.24. The minimum atomic E-state index is -0.0417. The minimum Gasteiger partial charge on any atom is -0.358 e. The number of aromatic amines is 1. The largest absolute Gasteiger partial charge is 0.358 e. The zero-order valence-corrected chi connectivity index (χ0v) is 13.3. The molecule has 0 fully saturated rings. The van der Waals surface area contributed by atoms with Gasteiger partial charge < -0.3 is 10.3 Å². The maximum Gasteiger partial charge on any atom is 0.228 e. The molecule has 2 N–H and O–H groups in total. The fourth-order valence-corrected chi connectivity index (χ4v) is 3.07. The molecule has 0 unspecified atom stereocenters. The van der Waals surface area contributed by atoms with E-state index in [0.717, 1.165) is 38.8 Å².